The number of likely N-dealkylation sites (tertiary alicyclic amines) is 1. The molecule has 26 heavy (non-hydrogen) atoms. The van der Waals surface area contributed by atoms with Crippen molar-refractivity contribution in [2.24, 2.45) is 0 Å². The number of aromatic nitrogens is 3. The zero-order valence-corrected chi connectivity index (χ0v) is 15.8. The third-order valence-electron chi connectivity index (χ3n) is 5.32. The summed E-state index contributed by atoms with van der Waals surface area (Å²) >= 11 is 0. The second kappa shape index (κ2) is 7.08. The van der Waals surface area contributed by atoms with Gasteiger partial charge in [0, 0.05) is 29.4 Å². The van der Waals surface area contributed by atoms with Crippen molar-refractivity contribution in [2.45, 2.75) is 39.7 Å². The summed E-state index contributed by atoms with van der Waals surface area (Å²) in [6.07, 6.45) is 2.44. The molecule has 1 atom stereocenters. The van der Waals surface area contributed by atoms with Crippen LogP contribution >= 0.6 is 0 Å². The van der Waals surface area contributed by atoms with Crippen LogP contribution in [0.4, 0.5) is 5.82 Å². The first-order valence-electron chi connectivity index (χ1n) is 9.55. The van der Waals surface area contributed by atoms with Gasteiger partial charge in [0.25, 0.3) is 0 Å². The molecule has 1 saturated heterocycles. The van der Waals surface area contributed by atoms with Gasteiger partial charge >= 0.3 is 0 Å². The summed E-state index contributed by atoms with van der Waals surface area (Å²) in [7, 11) is 0. The van der Waals surface area contributed by atoms with E-state index in [9.17, 15) is 0 Å². The lowest BCUT2D eigenvalue weighted by Gasteiger charge is -2.32. The van der Waals surface area contributed by atoms with Gasteiger partial charge in [-0.1, -0.05) is 19.1 Å². The van der Waals surface area contributed by atoms with E-state index in [1.807, 2.05) is 0 Å². The predicted octanol–water partition coefficient (Wildman–Crippen LogP) is 4.14. The fourth-order valence-corrected chi connectivity index (χ4v) is 3.93. The molecule has 0 saturated carbocycles. The molecule has 1 aliphatic rings. The summed E-state index contributed by atoms with van der Waals surface area (Å²) in [5.41, 5.74) is 5.51. The highest BCUT2D eigenvalue weighted by molar-refractivity contribution is 5.85. The fraction of sp³-hybridized carbons (Fsp3) is 0.429. The van der Waals surface area contributed by atoms with Crippen molar-refractivity contribution < 1.29 is 0 Å². The average molecular weight is 349 g/mol. The lowest BCUT2D eigenvalue weighted by Crippen LogP contribution is -2.42. The Morgan fingerprint density at radius 2 is 2.08 bits per heavy atom. The highest BCUT2D eigenvalue weighted by atomic mass is 15.2. The molecule has 0 amide bonds. The third kappa shape index (κ3) is 3.44. The minimum Gasteiger partial charge on any atom is -0.365 e. The Morgan fingerprint density at radius 1 is 1.19 bits per heavy atom. The predicted molar refractivity (Wildman–Crippen MR) is 108 cm³/mol. The Kier molecular flexibility index (Phi) is 4.64. The Hall–Kier alpha value is -2.40. The summed E-state index contributed by atoms with van der Waals surface area (Å²) in [5.74, 6) is 0.881. The van der Waals surface area contributed by atoms with E-state index < -0.39 is 0 Å². The van der Waals surface area contributed by atoms with Gasteiger partial charge in [-0.05, 0) is 68.9 Å². The van der Waals surface area contributed by atoms with Crippen LogP contribution in [-0.4, -0.2) is 45.8 Å². The van der Waals surface area contributed by atoms with Crippen LogP contribution in [0.3, 0.4) is 0 Å². The maximum absolute atomic E-state index is 4.53. The van der Waals surface area contributed by atoms with Gasteiger partial charge in [0.15, 0.2) is 0 Å². The van der Waals surface area contributed by atoms with Crippen LogP contribution in [0.1, 0.15) is 31.0 Å². The van der Waals surface area contributed by atoms with Gasteiger partial charge in [-0.15, -0.1) is 10.2 Å². The summed E-state index contributed by atoms with van der Waals surface area (Å²) in [6, 6.07) is 11.2. The average Bonchev–Trinajstić information content (AvgIpc) is 3.01. The van der Waals surface area contributed by atoms with Crippen molar-refractivity contribution in [1.82, 2.24) is 20.1 Å². The van der Waals surface area contributed by atoms with Crippen LogP contribution in [0.25, 0.3) is 22.2 Å². The SMILES string of the molecule is CCN1CCC[C@@H](Nc2cc(C)c(-c3ccc4cc(C)[nH]c4c3)nn2)C1. The zero-order valence-electron chi connectivity index (χ0n) is 15.8. The van der Waals surface area contributed by atoms with Gasteiger partial charge in [0.05, 0.1) is 5.69 Å². The number of aromatic amines is 1. The van der Waals surface area contributed by atoms with Crippen molar-refractivity contribution in [3.63, 3.8) is 0 Å². The van der Waals surface area contributed by atoms with E-state index in [1.165, 1.54) is 30.5 Å². The number of aryl methyl sites for hydroxylation is 2. The van der Waals surface area contributed by atoms with Gasteiger partial charge in [0.1, 0.15) is 5.82 Å². The Labute approximate surface area is 154 Å². The molecule has 2 aromatic heterocycles. The molecule has 1 aromatic carbocycles. The molecule has 0 bridgehead atoms. The first-order valence-corrected chi connectivity index (χ1v) is 9.55. The van der Waals surface area contributed by atoms with E-state index in [1.54, 1.807) is 0 Å². The number of nitrogens with one attached hydrogen (secondary N) is 2. The van der Waals surface area contributed by atoms with Crippen LogP contribution in [0, 0.1) is 13.8 Å². The quantitative estimate of drug-likeness (QED) is 0.743. The molecular weight excluding hydrogens is 322 g/mol. The zero-order chi connectivity index (χ0) is 18.1. The highest BCUT2D eigenvalue weighted by Gasteiger charge is 2.19. The van der Waals surface area contributed by atoms with E-state index >= 15 is 0 Å². The number of H-pyrrole nitrogens is 1. The number of fused-ring (bicyclic) bond motifs is 1. The molecule has 0 spiro atoms. The van der Waals surface area contributed by atoms with Crippen LogP contribution in [-0.2, 0) is 0 Å². The highest BCUT2D eigenvalue weighted by Crippen LogP contribution is 2.26. The summed E-state index contributed by atoms with van der Waals surface area (Å²) < 4.78 is 0. The second-order valence-electron chi connectivity index (χ2n) is 7.39. The molecule has 1 aliphatic heterocycles. The summed E-state index contributed by atoms with van der Waals surface area (Å²) in [5, 5.41) is 13.8. The fourth-order valence-electron chi connectivity index (χ4n) is 3.93. The minimum atomic E-state index is 0.460. The number of piperidine rings is 1. The standard InChI is InChI=1S/C21H27N5/c1-4-26-9-5-6-18(13-26)23-20-10-14(2)21(25-24-20)17-8-7-16-11-15(3)22-19(16)12-17/h7-8,10-12,18,22H,4-6,9,13H2,1-3H3,(H,23,24)/t18-/m1/s1. The first-order chi connectivity index (χ1) is 12.6. The number of anilines is 1. The molecule has 3 heterocycles. The maximum Gasteiger partial charge on any atom is 0.149 e. The molecule has 3 aromatic rings. The molecule has 0 radical (unpaired) electrons. The smallest absolute Gasteiger partial charge is 0.149 e. The van der Waals surface area contributed by atoms with E-state index in [0.717, 1.165) is 41.2 Å². The van der Waals surface area contributed by atoms with Gasteiger partial charge in [-0.3, -0.25) is 0 Å². The Morgan fingerprint density at radius 3 is 2.88 bits per heavy atom. The van der Waals surface area contributed by atoms with Crippen molar-refractivity contribution in [3.05, 3.63) is 41.6 Å². The molecule has 4 rings (SSSR count). The van der Waals surface area contributed by atoms with Crippen molar-refractivity contribution in [1.29, 1.82) is 0 Å². The van der Waals surface area contributed by atoms with Crippen LogP contribution < -0.4 is 5.32 Å². The van der Waals surface area contributed by atoms with Gasteiger partial charge < -0.3 is 15.2 Å². The number of likely N-dealkylation sites (N-methyl/N-ethyl adjacent to an activating group) is 1. The molecule has 0 unspecified atom stereocenters. The molecule has 5 heteroatoms. The number of hydrogen-bond acceptors (Lipinski definition) is 4. The van der Waals surface area contributed by atoms with E-state index in [2.05, 4.69) is 76.5 Å². The van der Waals surface area contributed by atoms with E-state index in [-0.39, 0.29) is 0 Å². The number of nitrogens with zero attached hydrogens (tertiary/aromatic N) is 3. The van der Waals surface area contributed by atoms with E-state index in [4.69, 9.17) is 0 Å². The third-order valence-corrected chi connectivity index (χ3v) is 5.32. The molecule has 2 N–H and O–H groups in total. The Bertz CT molecular complexity index is 914. The van der Waals surface area contributed by atoms with E-state index in [0.29, 0.717) is 6.04 Å². The largest absolute Gasteiger partial charge is 0.365 e. The van der Waals surface area contributed by atoms with Crippen LogP contribution in [0.15, 0.2) is 30.3 Å². The van der Waals surface area contributed by atoms with Crippen molar-refractivity contribution in [3.8, 4) is 11.3 Å². The summed E-state index contributed by atoms with van der Waals surface area (Å²) in [6.45, 7) is 9.82. The molecule has 136 valence electrons. The first kappa shape index (κ1) is 17.0. The van der Waals surface area contributed by atoms with Gasteiger partial charge in [0.2, 0.25) is 0 Å². The van der Waals surface area contributed by atoms with Crippen LogP contribution in [0.2, 0.25) is 0 Å². The normalized spacial score (nSPS) is 18.3. The second-order valence-corrected chi connectivity index (χ2v) is 7.39. The van der Waals surface area contributed by atoms with Crippen molar-refractivity contribution >= 4 is 16.7 Å². The lowest BCUT2D eigenvalue weighted by atomic mass is 10.0. The molecular formula is C21H27N5. The minimum absolute atomic E-state index is 0.460. The number of rotatable bonds is 4. The number of benzene rings is 1. The molecule has 1 fully saturated rings. The van der Waals surface area contributed by atoms with Crippen molar-refractivity contribution in [2.75, 3.05) is 25.0 Å². The summed E-state index contributed by atoms with van der Waals surface area (Å²) in [4.78, 5) is 5.89. The number of hydrogen-bond donors (Lipinski definition) is 2. The lowest BCUT2D eigenvalue weighted by molar-refractivity contribution is 0.226. The molecule has 5 nitrogen and oxygen atoms in total. The van der Waals surface area contributed by atoms with Gasteiger partial charge in [-0.2, -0.15) is 0 Å². The maximum atomic E-state index is 4.53. The Balaban J connectivity index is 1.55. The van der Waals surface area contributed by atoms with Gasteiger partial charge in [-0.25, -0.2) is 0 Å². The molecule has 0 aliphatic carbocycles. The van der Waals surface area contributed by atoms with Crippen LogP contribution in [0.5, 0.6) is 0 Å². The monoisotopic (exact) mass is 349 g/mol. The topological polar surface area (TPSA) is 56.8 Å².